The first-order valence-electron chi connectivity index (χ1n) is 7.67. The van der Waals surface area contributed by atoms with Crippen LogP contribution in [0.1, 0.15) is 5.56 Å². The highest BCUT2D eigenvalue weighted by Crippen LogP contribution is 2.24. The number of aromatic nitrogens is 2. The third-order valence-electron chi connectivity index (χ3n) is 3.61. The first kappa shape index (κ1) is 15.9. The lowest BCUT2D eigenvalue weighted by molar-refractivity contribution is 0.273. The monoisotopic (exact) mass is 328 g/mol. The van der Waals surface area contributed by atoms with Crippen molar-refractivity contribution in [1.82, 2.24) is 9.55 Å². The van der Waals surface area contributed by atoms with E-state index in [0.29, 0.717) is 13.2 Å². The molecule has 0 atom stereocenters. The van der Waals surface area contributed by atoms with Crippen molar-refractivity contribution in [3.63, 3.8) is 0 Å². The van der Waals surface area contributed by atoms with E-state index in [1.54, 1.807) is 11.8 Å². The topological polar surface area (TPSA) is 47.3 Å². The van der Waals surface area contributed by atoms with Gasteiger partial charge in [-0.25, -0.2) is 4.98 Å². The molecule has 0 radical (unpaired) electrons. The van der Waals surface area contributed by atoms with Crippen LogP contribution in [0, 0.1) is 6.92 Å². The van der Waals surface area contributed by atoms with Crippen LogP contribution in [0.3, 0.4) is 0 Å². The molecule has 1 N–H and O–H groups in total. The molecular formula is C18H20N2O2S. The normalized spacial score (nSPS) is 11.0. The average molecular weight is 328 g/mol. The van der Waals surface area contributed by atoms with Gasteiger partial charge in [0.1, 0.15) is 5.75 Å². The molecule has 3 rings (SSSR count). The molecule has 1 aromatic heterocycles. The number of imidazole rings is 1. The molecule has 0 saturated heterocycles. The van der Waals surface area contributed by atoms with E-state index >= 15 is 0 Å². The fourth-order valence-corrected chi connectivity index (χ4v) is 3.34. The summed E-state index contributed by atoms with van der Waals surface area (Å²) in [6.45, 7) is 3.33. The number of nitrogens with zero attached hydrogens (tertiary/aromatic N) is 2. The zero-order valence-electron chi connectivity index (χ0n) is 13.1. The van der Waals surface area contributed by atoms with Crippen LogP contribution in [-0.4, -0.2) is 33.6 Å². The molecule has 120 valence electrons. The maximum atomic E-state index is 9.29. The number of rotatable bonds is 7. The van der Waals surface area contributed by atoms with Crippen LogP contribution < -0.4 is 4.74 Å². The van der Waals surface area contributed by atoms with Crippen molar-refractivity contribution in [3.05, 3.63) is 54.1 Å². The van der Waals surface area contributed by atoms with E-state index in [4.69, 9.17) is 4.74 Å². The van der Waals surface area contributed by atoms with Gasteiger partial charge >= 0.3 is 0 Å². The molecule has 0 aliphatic heterocycles. The summed E-state index contributed by atoms with van der Waals surface area (Å²) in [4.78, 5) is 4.65. The summed E-state index contributed by atoms with van der Waals surface area (Å²) in [6, 6.07) is 16.0. The highest BCUT2D eigenvalue weighted by Gasteiger charge is 2.10. The van der Waals surface area contributed by atoms with E-state index in [0.717, 1.165) is 33.3 Å². The number of fused-ring (bicyclic) bond motifs is 1. The predicted octanol–water partition coefficient (Wildman–Crippen LogP) is 3.51. The molecule has 0 fully saturated rings. The Kier molecular flexibility index (Phi) is 5.20. The van der Waals surface area contributed by atoms with Gasteiger partial charge in [-0.3, -0.25) is 0 Å². The number of aliphatic hydroxyl groups excluding tert-OH is 1. The van der Waals surface area contributed by atoms with Gasteiger partial charge in [0, 0.05) is 12.3 Å². The van der Waals surface area contributed by atoms with Crippen molar-refractivity contribution in [2.75, 3.05) is 19.0 Å². The Bertz CT molecular complexity index is 786. The molecule has 3 aromatic rings. The SMILES string of the molecule is Cc1ccccc1OCCSc1nc2ccccc2n1CCO. The van der Waals surface area contributed by atoms with Crippen LogP contribution in [-0.2, 0) is 6.54 Å². The van der Waals surface area contributed by atoms with Crippen LogP contribution in [0.5, 0.6) is 5.75 Å². The van der Waals surface area contributed by atoms with E-state index in [2.05, 4.69) is 9.55 Å². The van der Waals surface area contributed by atoms with Crippen molar-refractivity contribution in [3.8, 4) is 5.75 Å². The molecule has 0 unspecified atom stereocenters. The summed E-state index contributed by atoms with van der Waals surface area (Å²) in [5.41, 5.74) is 3.16. The zero-order valence-corrected chi connectivity index (χ0v) is 13.9. The Morgan fingerprint density at radius 2 is 1.91 bits per heavy atom. The number of aliphatic hydroxyl groups is 1. The highest BCUT2D eigenvalue weighted by atomic mass is 32.2. The van der Waals surface area contributed by atoms with Gasteiger partial charge in [0.05, 0.1) is 24.2 Å². The summed E-state index contributed by atoms with van der Waals surface area (Å²) in [5.74, 6) is 1.74. The largest absolute Gasteiger partial charge is 0.492 e. The third-order valence-corrected chi connectivity index (χ3v) is 4.55. The standard InChI is InChI=1S/C18H20N2O2S/c1-14-6-2-5-9-17(14)22-12-13-23-18-19-15-7-3-4-8-16(15)20(18)10-11-21/h2-9,21H,10-13H2,1H3. The predicted molar refractivity (Wildman–Crippen MR) is 94.2 cm³/mol. The van der Waals surface area contributed by atoms with E-state index in [-0.39, 0.29) is 6.61 Å². The molecule has 0 saturated carbocycles. The fraction of sp³-hybridized carbons (Fsp3) is 0.278. The first-order valence-corrected chi connectivity index (χ1v) is 8.65. The molecule has 0 spiro atoms. The van der Waals surface area contributed by atoms with Crippen molar-refractivity contribution < 1.29 is 9.84 Å². The summed E-state index contributed by atoms with van der Waals surface area (Å²) >= 11 is 1.65. The number of hydrogen-bond acceptors (Lipinski definition) is 4. The first-order chi connectivity index (χ1) is 11.3. The molecule has 0 aliphatic carbocycles. The van der Waals surface area contributed by atoms with Crippen molar-refractivity contribution >= 4 is 22.8 Å². The van der Waals surface area contributed by atoms with Gasteiger partial charge < -0.3 is 14.4 Å². The van der Waals surface area contributed by atoms with Gasteiger partial charge in [0.25, 0.3) is 0 Å². The number of para-hydroxylation sites is 3. The minimum absolute atomic E-state index is 0.105. The lowest BCUT2D eigenvalue weighted by Crippen LogP contribution is -2.06. The molecule has 23 heavy (non-hydrogen) atoms. The fourth-order valence-electron chi connectivity index (χ4n) is 2.48. The van der Waals surface area contributed by atoms with Gasteiger partial charge in [-0.15, -0.1) is 0 Å². The van der Waals surface area contributed by atoms with E-state index in [1.165, 1.54) is 0 Å². The van der Waals surface area contributed by atoms with Crippen molar-refractivity contribution in [2.24, 2.45) is 0 Å². The molecule has 0 aliphatic rings. The van der Waals surface area contributed by atoms with Gasteiger partial charge in [-0.1, -0.05) is 42.1 Å². The molecule has 5 heteroatoms. The van der Waals surface area contributed by atoms with Crippen LogP contribution in [0.25, 0.3) is 11.0 Å². The molecule has 0 amide bonds. The Balaban J connectivity index is 1.65. The Hall–Kier alpha value is -1.98. The molecule has 2 aromatic carbocycles. The maximum absolute atomic E-state index is 9.29. The second kappa shape index (κ2) is 7.53. The molecule has 4 nitrogen and oxygen atoms in total. The van der Waals surface area contributed by atoms with Gasteiger partial charge in [0.15, 0.2) is 5.16 Å². The smallest absolute Gasteiger partial charge is 0.169 e. The van der Waals surface area contributed by atoms with Crippen LogP contribution >= 0.6 is 11.8 Å². The van der Waals surface area contributed by atoms with E-state index in [9.17, 15) is 5.11 Å². The summed E-state index contributed by atoms with van der Waals surface area (Å²) < 4.78 is 7.89. The van der Waals surface area contributed by atoms with Gasteiger partial charge in [-0.05, 0) is 30.7 Å². The van der Waals surface area contributed by atoms with Crippen molar-refractivity contribution in [2.45, 2.75) is 18.6 Å². The Morgan fingerprint density at radius 3 is 2.74 bits per heavy atom. The highest BCUT2D eigenvalue weighted by molar-refractivity contribution is 7.99. The third kappa shape index (κ3) is 3.68. The number of benzene rings is 2. The molecular weight excluding hydrogens is 308 g/mol. The second-order valence-electron chi connectivity index (χ2n) is 5.22. The van der Waals surface area contributed by atoms with Crippen LogP contribution in [0.2, 0.25) is 0 Å². The number of thioether (sulfide) groups is 1. The van der Waals surface area contributed by atoms with Gasteiger partial charge in [-0.2, -0.15) is 0 Å². The zero-order chi connectivity index (χ0) is 16.1. The Labute approximate surface area is 140 Å². The molecule has 0 bridgehead atoms. The van der Waals surface area contributed by atoms with Crippen LogP contribution in [0.15, 0.2) is 53.7 Å². The summed E-state index contributed by atoms with van der Waals surface area (Å²) in [5, 5.41) is 10.2. The maximum Gasteiger partial charge on any atom is 0.169 e. The lowest BCUT2D eigenvalue weighted by Gasteiger charge is -2.09. The van der Waals surface area contributed by atoms with E-state index in [1.807, 2.05) is 55.5 Å². The van der Waals surface area contributed by atoms with Gasteiger partial charge in [0.2, 0.25) is 0 Å². The summed E-state index contributed by atoms with van der Waals surface area (Å²) in [6.07, 6.45) is 0. The minimum atomic E-state index is 0.105. The number of ether oxygens (including phenoxy) is 1. The number of aryl methyl sites for hydroxylation is 1. The molecule has 1 heterocycles. The van der Waals surface area contributed by atoms with E-state index < -0.39 is 0 Å². The van der Waals surface area contributed by atoms with Crippen LogP contribution in [0.4, 0.5) is 0 Å². The average Bonchev–Trinajstić information content (AvgIpc) is 2.91. The lowest BCUT2D eigenvalue weighted by atomic mass is 10.2. The minimum Gasteiger partial charge on any atom is -0.492 e. The Morgan fingerprint density at radius 1 is 1.13 bits per heavy atom. The van der Waals surface area contributed by atoms with Crippen molar-refractivity contribution in [1.29, 1.82) is 0 Å². The quantitative estimate of drug-likeness (QED) is 0.532. The summed E-state index contributed by atoms with van der Waals surface area (Å²) in [7, 11) is 0. The number of hydrogen-bond donors (Lipinski definition) is 1. The second-order valence-corrected chi connectivity index (χ2v) is 6.28.